The number of carboxylic acids is 1. The number of carbonyl (C=O) groups is 1. The molecule has 0 spiro atoms. The van der Waals surface area contributed by atoms with Crippen molar-refractivity contribution in [3.8, 4) is 0 Å². The van der Waals surface area contributed by atoms with Crippen LogP contribution in [0.1, 0.15) is 19.3 Å². The van der Waals surface area contributed by atoms with Gasteiger partial charge >= 0.3 is 5.97 Å². The molecule has 80 valence electrons. The number of ether oxygens (including phenoxy) is 1. The number of aliphatic carboxylic acids is 1. The second-order valence-electron chi connectivity index (χ2n) is 4.07. The van der Waals surface area contributed by atoms with E-state index in [1.165, 1.54) is 0 Å². The molecule has 2 rings (SSSR count). The first-order valence-corrected chi connectivity index (χ1v) is 5.04. The molecular formula is C9H16N2O3. The van der Waals surface area contributed by atoms with Gasteiger partial charge < -0.3 is 20.9 Å². The molecule has 4 atom stereocenters. The molecule has 0 saturated carbocycles. The zero-order valence-electron chi connectivity index (χ0n) is 7.98. The van der Waals surface area contributed by atoms with Gasteiger partial charge in [-0.1, -0.05) is 0 Å². The van der Waals surface area contributed by atoms with Crippen LogP contribution in [0, 0.1) is 0 Å². The van der Waals surface area contributed by atoms with Gasteiger partial charge in [0.05, 0.1) is 12.2 Å². The van der Waals surface area contributed by atoms with E-state index in [0.717, 1.165) is 19.3 Å². The Balaban J connectivity index is 1.74. The Morgan fingerprint density at radius 1 is 1.64 bits per heavy atom. The molecule has 5 heteroatoms. The van der Waals surface area contributed by atoms with E-state index in [-0.39, 0.29) is 6.10 Å². The fourth-order valence-electron chi connectivity index (χ4n) is 2.22. The normalized spacial score (nSPS) is 37.4. The first kappa shape index (κ1) is 9.89. The van der Waals surface area contributed by atoms with Crippen molar-refractivity contribution >= 4 is 5.97 Å². The maximum atomic E-state index is 10.5. The lowest BCUT2D eigenvalue weighted by molar-refractivity contribution is -0.138. The summed E-state index contributed by atoms with van der Waals surface area (Å²) in [6.07, 6.45) is 3.90. The van der Waals surface area contributed by atoms with Gasteiger partial charge in [0.2, 0.25) is 0 Å². The maximum Gasteiger partial charge on any atom is 0.321 e. The zero-order valence-corrected chi connectivity index (χ0v) is 7.98. The third kappa shape index (κ3) is 1.89. The van der Waals surface area contributed by atoms with Crippen molar-refractivity contribution in [1.29, 1.82) is 0 Å². The molecule has 2 heterocycles. The molecule has 0 aromatic heterocycles. The summed E-state index contributed by atoms with van der Waals surface area (Å²) in [5.41, 5.74) is 5.39. The molecular weight excluding hydrogens is 184 g/mol. The van der Waals surface area contributed by atoms with E-state index in [9.17, 15) is 4.79 Å². The molecule has 2 aliphatic rings. The molecule has 0 aliphatic carbocycles. The molecule has 0 aromatic carbocycles. The van der Waals surface area contributed by atoms with Crippen LogP contribution in [0.4, 0.5) is 0 Å². The number of hydrogen-bond acceptors (Lipinski definition) is 4. The van der Waals surface area contributed by atoms with E-state index >= 15 is 0 Å². The highest BCUT2D eigenvalue weighted by Gasteiger charge is 2.40. The lowest BCUT2D eigenvalue weighted by atomic mass is 9.95. The number of hydrogen-bond donors (Lipinski definition) is 3. The van der Waals surface area contributed by atoms with Crippen LogP contribution in [0.2, 0.25) is 0 Å². The summed E-state index contributed by atoms with van der Waals surface area (Å²) in [5, 5.41) is 11.8. The summed E-state index contributed by atoms with van der Waals surface area (Å²) in [4.78, 5) is 10.5. The largest absolute Gasteiger partial charge is 0.480 e. The van der Waals surface area contributed by atoms with E-state index in [0.29, 0.717) is 18.7 Å². The van der Waals surface area contributed by atoms with Crippen LogP contribution in [0.3, 0.4) is 0 Å². The van der Waals surface area contributed by atoms with Crippen LogP contribution in [-0.4, -0.2) is 41.9 Å². The van der Waals surface area contributed by atoms with E-state index in [2.05, 4.69) is 5.32 Å². The minimum atomic E-state index is -0.957. The van der Waals surface area contributed by atoms with Gasteiger partial charge in [-0.3, -0.25) is 4.79 Å². The van der Waals surface area contributed by atoms with Crippen LogP contribution >= 0.6 is 0 Å². The highest BCUT2D eigenvalue weighted by Crippen LogP contribution is 2.34. The van der Waals surface area contributed by atoms with Gasteiger partial charge in [-0.15, -0.1) is 0 Å². The van der Waals surface area contributed by atoms with Crippen molar-refractivity contribution in [3.63, 3.8) is 0 Å². The summed E-state index contributed by atoms with van der Waals surface area (Å²) in [7, 11) is 0. The number of fused-ring (bicyclic) bond motifs is 2. The quantitative estimate of drug-likeness (QED) is 0.559. The van der Waals surface area contributed by atoms with Gasteiger partial charge in [-0.2, -0.15) is 0 Å². The molecule has 14 heavy (non-hydrogen) atoms. The summed E-state index contributed by atoms with van der Waals surface area (Å²) in [6, 6.07) is -0.506. The monoisotopic (exact) mass is 200 g/mol. The average molecular weight is 200 g/mol. The number of carboxylic acid groups (broad SMARTS) is 1. The molecule has 4 N–H and O–H groups in total. The van der Waals surface area contributed by atoms with Gasteiger partial charge in [0, 0.05) is 12.6 Å². The van der Waals surface area contributed by atoms with Crippen molar-refractivity contribution in [2.45, 2.75) is 43.6 Å². The Bertz CT molecular complexity index is 234. The number of rotatable bonds is 4. The van der Waals surface area contributed by atoms with Crippen molar-refractivity contribution < 1.29 is 14.6 Å². The third-order valence-electron chi connectivity index (χ3n) is 3.02. The molecule has 2 saturated heterocycles. The van der Waals surface area contributed by atoms with E-state index in [4.69, 9.17) is 15.6 Å². The van der Waals surface area contributed by atoms with E-state index in [1.54, 1.807) is 0 Å². The van der Waals surface area contributed by atoms with Crippen molar-refractivity contribution in [2.75, 3.05) is 6.54 Å². The average Bonchev–Trinajstić information content (AvgIpc) is 2.74. The Kier molecular flexibility index (Phi) is 2.71. The lowest BCUT2D eigenvalue weighted by Crippen LogP contribution is -2.46. The van der Waals surface area contributed by atoms with Gasteiger partial charge in [-0.05, 0) is 19.3 Å². The second-order valence-corrected chi connectivity index (χ2v) is 4.07. The first-order valence-electron chi connectivity index (χ1n) is 5.04. The van der Waals surface area contributed by atoms with Gasteiger partial charge in [0.1, 0.15) is 6.04 Å². The highest BCUT2D eigenvalue weighted by molar-refractivity contribution is 5.73. The minimum Gasteiger partial charge on any atom is -0.480 e. The highest BCUT2D eigenvalue weighted by atomic mass is 16.5. The summed E-state index contributed by atoms with van der Waals surface area (Å²) in [5.74, 6) is -0.957. The van der Waals surface area contributed by atoms with Crippen molar-refractivity contribution in [3.05, 3.63) is 0 Å². The third-order valence-corrected chi connectivity index (χ3v) is 3.02. The smallest absolute Gasteiger partial charge is 0.321 e. The van der Waals surface area contributed by atoms with E-state index in [1.807, 2.05) is 0 Å². The Morgan fingerprint density at radius 2 is 2.43 bits per heavy atom. The molecule has 2 fully saturated rings. The fraction of sp³-hybridized carbons (Fsp3) is 0.889. The van der Waals surface area contributed by atoms with Crippen molar-refractivity contribution in [1.82, 2.24) is 5.32 Å². The van der Waals surface area contributed by atoms with Crippen LogP contribution in [0.15, 0.2) is 0 Å². The Hall–Kier alpha value is -0.650. The summed E-state index contributed by atoms with van der Waals surface area (Å²) in [6.45, 7) is 0.326. The predicted molar refractivity (Wildman–Crippen MR) is 49.9 cm³/mol. The predicted octanol–water partition coefficient (Wildman–Crippen LogP) is -0.692. The SMILES string of the molecule is NC(CNC1CC2CCC1O2)C(=O)O. The standard InChI is InChI=1S/C9H16N2O3/c10-6(9(12)13)4-11-7-3-5-1-2-8(7)14-5/h5-8,11H,1-4,10H2,(H,12,13). The van der Waals surface area contributed by atoms with Crippen LogP contribution < -0.4 is 11.1 Å². The van der Waals surface area contributed by atoms with Gasteiger partial charge in [0.25, 0.3) is 0 Å². The van der Waals surface area contributed by atoms with Crippen LogP contribution in [0.25, 0.3) is 0 Å². The Morgan fingerprint density at radius 3 is 2.93 bits per heavy atom. The van der Waals surface area contributed by atoms with Gasteiger partial charge in [-0.25, -0.2) is 0 Å². The molecule has 0 radical (unpaired) electrons. The molecule has 0 amide bonds. The molecule has 5 nitrogen and oxygen atoms in total. The molecule has 2 bridgehead atoms. The fourth-order valence-corrected chi connectivity index (χ4v) is 2.22. The minimum absolute atomic E-state index is 0.279. The maximum absolute atomic E-state index is 10.5. The Labute approximate surface area is 82.6 Å². The first-order chi connectivity index (χ1) is 6.66. The summed E-state index contributed by atoms with van der Waals surface area (Å²) >= 11 is 0. The topological polar surface area (TPSA) is 84.6 Å². The second kappa shape index (κ2) is 3.84. The zero-order chi connectivity index (χ0) is 10.1. The van der Waals surface area contributed by atoms with Crippen LogP contribution in [0.5, 0.6) is 0 Å². The summed E-state index contributed by atoms with van der Waals surface area (Å²) < 4.78 is 5.63. The van der Waals surface area contributed by atoms with Crippen molar-refractivity contribution in [2.24, 2.45) is 5.73 Å². The number of nitrogens with one attached hydrogen (secondary N) is 1. The lowest BCUT2D eigenvalue weighted by Gasteiger charge is -2.20. The molecule has 4 unspecified atom stereocenters. The molecule has 2 aliphatic heterocycles. The van der Waals surface area contributed by atoms with Crippen LogP contribution in [-0.2, 0) is 9.53 Å². The molecule has 0 aromatic rings. The van der Waals surface area contributed by atoms with Gasteiger partial charge in [0.15, 0.2) is 0 Å². The number of nitrogens with two attached hydrogens (primary N) is 1. The van der Waals surface area contributed by atoms with E-state index < -0.39 is 12.0 Å².